The van der Waals surface area contributed by atoms with Crippen molar-refractivity contribution in [3.8, 4) is 0 Å². The lowest BCUT2D eigenvalue weighted by atomic mass is 10.2. The van der Waals surface area contributed by atoms with Crippen molar-refractivity contribution in [2.75, 3.05) is 35.0 Å². The first-order valence-electron chi connectivity index (χ1n) is 7.55. The van der Waals surface area contributed by atoms with Crippen molar-refractivity contribution in [2.24, 2.45) is 5.84 Å². The fourth-order valence-electron chi connectivity index (χ4n) is 3.02. The molecular weight excluding hydrogens is 286 g/mol. The molecule has 8 heteroatoms. The van der Waals surface area contributed by atoms with E-state index in [2.05, 4.69) is 36.9 Å². The van der Waals surface area contributed by atoms with Gasteiger partial charge in [0.2, 0.25) is 17.8 Å². The second-order valence-corrected chi connectivity index (χ2v) is 6.77. The Morgan fingerprint density at radius 3 is 2.57 bits per heavy atom. The van der Waals surface area contributed by atoms with Crippen molar-refractivity contribution in [3.63, 3.8) is 0 Å². The number of nitrogen functional groups attached to an aromatic ring is 1. The third-order valence-electron chi connectivity index (χ3n) is 4.19. The van der Waals surface area contributed by atoms with Crippen LogP contribution in [-0.2, 0) is 0 Å². The van der Waals surface area contributed by atoms with Crippen molar-refractivity contribution in [2.45, 2.75) is 43.4 Å². The summed E-state index contributed by atoms with van der Waals surface area (Å²) in [5.74, 6) is 7.26. The van der Waals surface area contributed by atoms with Crippen molar-refractivity contribution in [1.82, 2.24) is 15.0 Å². The predicted molar refractivity (Wildman–Crippen MR) is 87.6 cm³/mol. The number of aromatic nitrogens is 3. The summed E-state index contributed by atoms with van der Waals surface area (Å²) in [6.45, 7) is 2.01. The van der Waals surface area contributed by atoms with Crippen LogP contribution in [0.25, 0.3) is 0 Å². The quantitative estimate of drug-likeness (QED) is 0.556. The standard InChI is InChI=1S/C13H23N7S/c1-21-10-5-4-9(8-10)15-11-16-12(19-14)18-13(17-11)20-6-2-3-7-20/h9-10H,2-8,14H2,1H3,(H2,15,16,17,18,19). The Balaban J connectivity index is 1.73. The van der Waals surface area contributed by atoms with Crippen LogP contribution in [0.3, 0.4) is 0 Å². The molecule has 0 spiro atoms. The van der Waals surface area contributed by atoms with Gasteiger partial charge in [-0.15, -0.1) is 0 Å². The molecule has 116 valence electrons. The van der Waals surface area contributed by atoms with E-state index in [-0.39, 0.29) is 0 Å². The van der Waals surface area contributed by atoms with E-state index >= 15 is 0 Å². The maximum Gasteiger partial charge on any atom is 0.243 e. The SMILES string of the molecule is CSC1CCC(Nc2nc(NN)nc(N3CCCC3)n2)C1. The summed E-state index contributed by atoms with van der Waals surface area (Å²) >= 11 is 1.94. The Morgan fingerprint density at radius 2 is 1.90 bits per heavy atom. The zero-order valence-corrected chi connectivity index (χ0v) is 13.2. The number of nitrogens with zero attached hydrogens (tertiary/aromatic N) is 4. The lowest BCUT2D eigenvalue weighted by Gasteiger charge is -2.18. The molecular formula is C13H23N7S. The molecule has 2 aliphatic rings. The summed E-state index contributed by atoms with van der Waals surface area (Å²) in [5.41, 5.74) is 2.54. The van der Waals surface area contributed by atoms with Gasteiger partial charge >= 0.3 is 0 Å². The number of anilines is 3. The Morgan fingerprint density at radius 1 is 1.14 bits per heavy atom. The number of nitrogens with two attached hydrogens (primary N) is 1. The molecule has 1 aromatic rings. The minimum absolute atomic E-state index is 0.425. The van der Waals surface area contributed by atoms with Crippen LogP contribution in [0.5, 0.6) is 0 Å². The van der Waals surface area contributed by atoms with Crippen LogP contribution in [-0.4, -0.2) is 45.6 Å². The van der Waals surface area contributed by atoms with Crippen LogP contribution in [0.4, 0.5) is 17.8 Å². The first-order chi connectivity index (χ1) is 10.3. The van der Waals surface area contributed by atoms with E-state index in [1.54, 1.807) is 0 Å². The lowest BCUT2D eigenvalue weighted by Crippen LogP contribution is -2.25. The molecule has 4 N–H and O–H groups in total. The molecule has 1 aromatic heterocycles. The maximum absolute atomic E-state index is 5.49. The van der Waals surface area contributed by atoms with Gasteiger partial charge in [-0.05, 0) is 38.4 Å². The summed E-state index contributed by atoms with van der Waals surface area (Å²) in [6, 6.07) is 0.446. The Kier molecular flexibility index (Phi) is 4.64. The normalized spacial score (nSPS) is 25.3. The van der Waals surface area contributed by atoms with E-state index in [0.717, 1.165) is 30.7 Å². The van der Waals surface area contributed by atoms with Crippen molar-refractivity contribution >= 4 is 29.6 Å². The van der Waals surface area contributed by atoms with E-state index < -0.39 is 0 Å². The smallest absolute Gasteiger partial charge is 0.243 e. The summed E-state index contributed by atoms with van der Waals surface area (Å²) in [4.78, 5) is 15.5. The third kappa shape index (κ3) is 3.49. The van der Waals surface area contributed by atoms with Gasteiger partial charge in [-0.25, -0.2) is 5.84 Å². The predicted octanol–water partition coefficient (Wildman–Crippen LogP) is 1.45. The van der Waals surface area contributed by atoms with Crippen LogP contribution < -0.4 is 21.5 Å². The zero-order valence-electron chi connectivity index (χ0n) is 12.4. The van der Waals surface area contributed by atoms with Gasteiger partial charge in [0.05, 0.1) is 0 Å². The van der Waals surface area contributed by atoms with Gasteiger partial charge < -0.3 is 10.2 Å². The molecule has 1 saturated carbocycles. The number of rotatable bonds is 5. The minimum atomic E-state index is 0.425. The zero-order chi connectivity index (χ0) is 14.7. The molecule has 1 saturated heterocycles. The Hall–Kier alpha value is -1.28. The fourth-order valence-corrected chi connectivity index (χ4v) is 3.82. The number of thioether (sulfide) groups is 1. The van der Waals surface area contributed by atoms with Gasteiger partial charge in [-0.1, -0.05) is 0 Å². The fraction of sp³-hybridized carbons (Fsp3) is 0.769. The summed E-state index contributed by atoms with van der Waals surface area (Å²) in [6.07, 6.45) is 8.15. The van der Waals surface area contributed by atoms with Gasteiger partial charge in [0.1, 0.15) is 0 Å². The van der Waals surface area contributed by atoms with Crippen LogP contribution in [0.1, 0.15) is 32.1 Å². The van der Waals surface area contributed by atoms with Gasteiger partial charge in [0, 0.05) is 24.4 Å². The molecule has 0 radical (unpaired) electrons. The van der Waals surface area contributed by atoms with Gasteiger partial charge in [0.15, 0.2) is 0 Å². The van der Waals surface area contributed by atoms with Crippen molar-refractivity contribution in [1.29, 1.82) is 0 Å². The average molecular weight is 309 g/mol. The molecule has 0 bridgehead atoms. The van der Waals surface area contributed by atoms with E-state index in [4.69, 9.17) is 5.84 Å². The van der Waals surface area contributed by atoms with Crippen molar-refractivity contribution in [3.05, 3.63) is 0 Å². The summed E-state index contributed by atoms with van der Waals surface area (Å²) in [7, 11) is 0. The molecule has 2 atom stereocenters. The van der Waals surface area contributed by atoms with Crippen LogP contribution in [0.15, 0.2) is 0 Å². The molecule has 7 nitrogen and oxygen atoms in total. The van der Waals surface area contributed by atoms with Crippen molar-refractivity contribution < 1.29 is 0 Å². The largest absolute Gasteiger partial charge is 0.351 e. The second-order valence-electron chi connectivity index (χ2n) is 5.63. The highest BCUT2D eigenvalue weighted by Gasteiger charge is 2.25. The molecule has 2 fully saturated rings. The lowest BCUT2D eigenvalue weighted by molar-refractivity contribution is 0.741. The van der Waals surface area contributed by atoms with Gasteiger partial charge in [-0.2, -0.15) is 26.7 Å². The average Bonchev–Trinajstić information content (AvgIpc) is 3.18. The molecule has 0 aromatic carbocycles. The van der Waals surface area contributed by atoms with Crippen LogP contribution in [0.2, 0.25) is 0 Å². The molecule has 21 heavy (non-hydrogen) atoms. The molecule has 1 aliphatic heterocycles. The summed E-state index contributed by atoms with van der Waals surface area (Å²) < 4.78 is 0. The molecule has 3 rings (SSSR count). The molecule has 2 unspecified atom stereocenters. The highest BCUT2D eigenvalue weighted by molar-refractivity contribution is 7.99. The van der Waals surface area contributed by atoms with E-state index in [0.29, 0.717) is 17.9 Å². The first kappa shape index (κ1) is 14.6. The topological polar surface area (TPSA) is 92.0 Å². The second kappa shape index (κ2) is 6.65. The molecule has 2 heterocycles. The van der Waals surface area contributed by atoms with E-state index in [1.165, 1.54) is 25.7 Å². The first-order valence-corrected chi connectivity index (χ1v) is 8.84. The maximum atomic E-state index is 5.49. The molecule has 1 aliphatic carbocycles. The van der Waals surface area contributed by atoms with E-state index in [1.807, 2.05) is 11.8 Å². The Labute approximate surface area is 129 Å². The highest BCUT2D eigenvalue weighted by Crippen LogP contribution is 2.30. The number of hydrazine groups is 1. The monoisotopic (exact) mass is 309 g/mol. The summed E-state index contributed by atoms with van der Waals surface area (Å²) in [5, 5.41) is 4.19. The van der Waals surface area contributed by atoms with Gasteiger partial charge in [0.25, 0.3) is 0 Å². The van der Waals surface area contributed by atoms with Gasteiger partial charge in [-0.3, -0.25) is 5.43 Å². The number of hydrogen-bond acceptors (Lipinski definition) is 8. The number of nitrogens with one attached hydrogen (secondary N) is 2. The van der Waals surface area contributed by atoms with Crippen LogP contribution in [0, 0.1) is 0 Å². The van der Waals surface area contributed by atoms with Crippen LogP contribution >= 0.6 is 11.8 Å². The Bertz CT molecular complexity index is 478. The van der Waals surface area contributed by atoms with E-state index in [9.17, 15) is 0 Å². The number of hydrogen-bond donors (Lipinski definition) is 3. The highest BCUT2D eigenvalue weighted by atomic mass is 32.2. The third-order valence-corrected chi connectivity index (χ3v) is 5.29. The molecule has 0 amide bonds. The minimum Gasteiger partial charge on any atom is -0.351 e.